The molecule has 6 heteroatoms. The minimum Gasteiger partial charge on any atom is -0.356 e. The van der Waals surface area contributed by atoms with Crippen LogP contribution >= 0.6 is 0 Å². The van der Waals surface area contributed by atoms with Crippen LogP contribution in [-0.2, 0) is 6.54 Å². The third-order valence-electron chi connectivity index (χ3n) is 3.42. The van der Waals surface area contributed by atoms with Crippen LogP contribution in [0.25, 0.3) is 0 Å². The molecule has 2 heterocycles. The number of piperidine rings is 1. The van der Waals surface area contributed by atoms with Gasteiger partial charge in [-0.1, -0.05) is 6.07 Å². The third kappa shape index (κ3) is 3.37. The average molecular weight is 273 g/mol. The summed E-state index contributed by atoms with van der Waals surface area (Å²) in [5.74, 6) is -0.573. The number of alkyl halides is 3. The second-order valence-electron chi connectivity index (χ2n) is 4.84. The van der Waals surface area contributed by atoms with Gasteiger partial charge in [-0.15, -0.1) is 0 Å². The van der Waals surface area contributed by atoms with E-state index in [2.05, 4.69) is 10.3 Å². The van der Waals surface area contributed by atoms with Crippen LogP contribution in [0.3, 0.4) is 0 Å². The van der Waals surface area contributed by atoms with Gasteiger partial charge in [0.1, 0.15) is 5.82 Å². The van der Waals surface area contributed by atoms with Crippen molar-refractivity contribution in [2.75, 3.05) is 25.0 Å². The highest BCUT2D eigenvalue weighted by atomic mass is 19.4. The van der Waals surface area contributed by atoms with Gasteiger partial charge in [-0.3, -0.25) is 0 Å². The Balaban J connectivity index is 2.17. The lowest BCUT2D eigenvalue weighted by Gasteiger charge is -2.35. The molecule has 0 amide bonds. The van der Waals surface area contributed by atoms with Crippen molar-refractivity contribution in [3.8, 4) is 0 Å². The summed E-state index contributed by atoms with van der Waals surface area (Å²) in [5.41, 5.74) is 0.938. The van der Waals surface area contributed by atoms with Crippen LogP contribution < -0.4 is 10.2 Å². The fourth-order valence-corrected chi connectivity index (χ4v) is 2.48. The van der Waals surface area contributed by atoms with Crippen LogP contribution in [0.1, 0.15) is 18.4 Å². The molecular formula is C13H18F3N3. The quantitative estimate of drug-likeness (QED) is 0.917. The van der Waals surface area contributed by atoms with Crippen LogP contribution in [0, 0.1) is 5.92 Å². The highest BCUT2D eigenvalue weighted by molar-refractivity contribution is 5.47. The first-order valence-corrected chi connectivity index (χ1v) is 6.42. The summed E-state index contributed by atoms with van der Waals surface area (Å²) in [6, 6.07) is 3.71. The maximum Gasteiger partial charge on any atom is 0.393 e. The molecule has 0 bridgehead atoms. The summed E-state index contributed by atoms with van der Waals surface area (Å²) in [5, 5.41) is 3.02. The molecule has 0 radical (unpaired) electrons. The molecule has 0 saturated carbocycles. The monoisotopic (exact) mass is 273 g/mol. The number of rotatable bonds is 3. The number of pyridine rings is 1. The molecule has 1 aromatic heterocycles. The van der Waals surface area contributed by atoms with Gasteiger partial charge in [0.15, 0.2) is 0 Å². The fraction of sp³-hybridized carbons (Fsp3) is 0.615. The topological polar surface area (TPSA) is 28.2 Å². The molecule has 3 nitrogen and oxygen atoms in total. The lowest BCUT2D eigenvalue weighted by atomic mass is 9.97. The number of nitrogens with one attached hydrogen (secondary N) is 1. The Morgan fingerprint density at radius 3 is 2.95 bits per heavy atom. The third-order valence-corrected chi connectivity index (χ3v) is 3.42. The van der Waals surface area contributed by atoms with Crippen LogP contribution in [0.4, 0.5) is 19.0 Å². The van der Waals surface area contributed by atoms with Gasteiger partial charge in [-0.05, 0) is 26.0 Å². The van der Waals surface area contributed by atoms with Gasteiger partial charge >= 0.3 is 6.18 Å². The Morgan fingerprint density at radius 2 is 2.26 bits per heavy atom. The van der Waals surface area contributed by atoms with E-state index >= 15 is 0 Å². The van der Waals surface area contributed by atoms with Crippen molar-refractivity contribution in [3.63, 3.8) is 0 Å². The Bertz CT molecular complexity index is 420. The van der Waals surface area contributed by atoms with Gasteiger partial charge in [0, 0.05) is 31.4 Å². The standard InChI is InChI=1S/C13H18F3N3/c1-17-8-10-4-2-6-18-12(10)19-7-3-5-11(9-19)13(14,15)16/h2,4,6,11,17H,3,5,7-9H2,1H3. The second kappa shape index (κ2) is 5.77. The average Bonchev–Trinajstić information content (AvgIpc) is 2.39. The number of aromatic nitrogens is 1. The van der Waals surface area contributed by atoms with E-state index < -0.39 is 12.1 Å². The molecule has 19 heavy (non-hydrogen) atoms. The largest absolute Gasteiger partial charge is 0.393 e. The van der Waals surface area contributed by atoms with Crippen molar-refractivity contribution in [2.24, 2.45) is 5.92 Å². The molecular weight excluding hydrogens is 255 g/mol. The Kier molecular flexibility index (Phi) is 4.29. The van der Waals surface area contributed by atoms with E-state index in [1.165, 1.54) is 0 Å². The molecule has 1 fully saturated rings. The molecule has 1 aromatic rings. The van der Waals surface area contributed by atoms with E-state index in [1.807, 2.05) is 13.1 Å². The van der Waals surface area contributed by atoms with Gasteiger partial charge < -0.3 is 10.2 Å². The van der Waals surface area contributed by atoms with Gasteiger partial charge in [0.25, 0.3) is 0 Å². The van der Waals surface area contributed by atoms with Crippen molar-refractivity contribution in [2.45, 2.75) is 25.6 Å². The zero-order valence-corrected chi connectivity index (χ0v) is 10.9. The number of halogens is 3. The zero-order chi connectivity index (χ0) is 13.9. The van der Waals surface area contributed by atoms with Gasteiger partial charge in [0.2, 0.25) is 0 Å². The maximum atomic E-state index is 12.8. The van der Waals surface area contributed by atoms with E-state index in [0.29, 0.717) is 25.3 Å². The minimum absolute atomic E-state index is 0.0111. The van der Waals surface area contributed by atoms with Crippen molar-refractivity contribution in [1.29, 1.82) is 0 Å². The minimum atomic E-state index is -4.11. The molecule has 2 rings (SSSR count). The summed E-state index contributed by atoms with van der Waals surface area (Å²) in [7, 11) is 1.81. The summed E-state index contributed by atoms with van der Waals surface area (Å²) < 4.78 is 38.5. The Morgan fingerprint density at radius 1 is 1.47 bits per heavy atom. The lowest BCUT2D eigenvalue weighted by molar-refractivity contribution is -0.176. The lowest BCUT2D eigenvalue weighted by Crippen LogP contribution is -2.42. The van der Waals surface area contributed by atoms with Crippen molar-refractivity contribution in [1.82, 2.24) is 10.3 Å². The highest BCUT2D eigenvalue weighted by Crippen LogP contribution is 2.34. The summed E-state index contributed by atoms with van der Waals surface area (Å²) in [6.07, 6.45) is -1.71. The number of anilines is 1. The van der Waals surface area contributed by atoms with Crippen molar-refractivity contribution in [3.05, 3.63) is 23.9 Å². The molecule has 1 unspecified atom stereocenters. The molecule has 1 aliphatic heterocycles. The highest BCUT2D eigenvalue weighted by Gasteiger charge is 2.42. The molecule has 0 aromatic carbocycles. The van der Waals surface area contributed by atoms with Crippen LogP contribution in [-0.4, -0.2) is 31.3 Å². The summed E-state index contributed by atoms with van der Waals surface area (Å²) in [6.45, 7) is 1.26. The number of hydrogen-bond donors (Lipinski definition) is 1. The molecule has 0 aliphatic carbocycles. The smallest absolute Gasteiger partial charge is 0.356 e. The second-order valence-corrected chi connectivity index (χ2v) is 4.84. The van der Waals surface area contributed by atoms with Crippen LogP contribution in [0.5, 0.6) is 0 Å². The maximum absolute atomic E-state index is 12.8. The van der Waals surface area contributed by atoms with Gasteiger partial charge in [-0.25, -0.2) is 4.98 Å². The van der Waals surface area contributed by atoms with Crippen molar-refractivity contribution >= 4 is 5.82 Å². The van der Waals surface area contributed by atoms with Crippen molar-refractivity contribution < 1.29 is 13.2 Å². The molecule has 1 N–H and O–H groups in total. The summed E-state index contributed by atoms with van der Waals surface area (Å²) in [4.78, 5) is 6.01. The molecule has 0 spiro atoms. The van der Waals surface area contributed by atoms with E-state index in [0.717, 1.165) is 5.56 Å². The number of nitrogens with zero attached hydrogens (tertiary/aromatic N) is 2. The molecule has 1 atom stereocenters. The fourth-order valence-electron chi connectivity index (χ4n) is 2.48. The number of hydrogen-bond acceptors (Lipinski definition) is 3. The SMILES string of the molecule is CNCc1cccnc1N1CCCC(C(F)(F)F)C1. The molecule has 1 saturated heterocycles. The Labute approximate surface area is 110 Å². The van der Waals surface area contributed by atoms with Gasteiger partial charge in [0.05, 0.1) is 5.92 Å². The zero-order valence-electron chi connectivity index (χ0n) is 10.9. The Hall–Kier alpha value is -1.30. The predicted molar refractivity (Wildman–Crippen MR) is 68.0 cm³/mol. The van der Waals surface area contributed by atoms with Crippen LogP contribution in [0.2, 0.25) is 0 Å². The van der Waals surface area contributed by atoms with E-state index in [9.17, 15) is 13.2 Å². The van der Waals surface area contributed by atoms with Crippen LogP contribution in [0.15, 0.2) is 18.3 Å². The van der Waals surface area contributed by atoms with Gasteiger partial charge in [-0.2, -0.15) is 13.2 Å². The van der Waals surface area contributed by atoms with E-state index in [4.69, 9.17) is 0 Å². The first-order chi connectivity index (χ1) is 9.02. The molecule has 106 valence electrons. The van der Waals surface area contributed by atoms with E-state index in [-0.39, 0.29) is 13.0 Å². The molecule has 1 aliphatic rings. The first kappa shape index (κ1) is 14.1. The normalized spacial score (nSPS) is 20.6. The first-order valence-electron chi connectivity index (χ1n) is 6.42. The van der Waals surface area contributed by atoms with E-state index in [1.54, 1.807) is 17.2 Å². The summed E-state index contributed by atoms with van der Waals surface area (Å²) >= 11 is 0. The predicted octanol–water partition coefficient (Wildman–Crippen LogP) is 2.58.